The van der Waals surface area contributed by atoms with E-state index in [9.17, 15) is 23.1 Å². The summed E-state index contributed by atoms with van der Waals surface area (Å²) >= 11 is 0. The molecule has 2 atom stereocenters. The van der Waals surface area contributed by atoms with Crippen LogP contribution in [0.3, 0.4) is 0 Å². The summed E-state index contributed by atoms with van der Waals surface area (Å²) in [5.74, 6) is 0.100. The number of sulfonamides is 1. The van der Waals surface area contributed by atoms with Crippen molar-refractivity contribution in [3.8, 4) is 0 Å². The van der Waals surface area contributed by atoms with Crippen molar-refractivity contribution < 1.29 is 32.3 Å². The van der Waals surface area contributed by atoms with Crippen LogP contribution in [0.1, 0.15) is 63.0 Å². The maximum absolute atomic E-state index is 13.8. The van der Waals surface area contributed by atoms with Crippen LogP contribution >= 0.6 is 0 Å². The van der Waals surface area contributed by atoms with Crippen molar-refractivity contribution in [1.29, 1.82) is 0 Å². The standard InChI is InChI=1S/C36H44N4O7S/c1-24(2)21-40(48(44,45)31-16-14-28(15-17-31)23-46-5)22-33(41)32(18-27-10-7-6-8-11-27)39-36(43)30-13-9-12-29(19-30)35(42)37-20-34-25(3)38-26(4)47-34/h6-17,19,24,32-33,41H,18,20-23H2,1-5H3,(H,37,42)(H,39,43)/t32-,33+/m0/s1. The van der Waals surface area contributed by atoms with Gasteiger partial charge in [-0.3, -0.25) is 9.59 Å². The maximum Gasteiger partial charge on any atom is 0.251 e. The molecule has 256 valence electrons. The molecule has 3 N–H and O–H groups in total. The molecule has 2 amide bonds. The minimum absolute atomic E-state index is 0.0345. The van der Waals surface area contributed by atoms with Gasteiger partial charge in [-0.1, -0.05) is 62.4 Å². The van der Waals surface area contributed by atoms with Crippen LogP contribution in [0.5, 0.6) is 0 Å². The summed E-state index contributed by atoms with van der Waals surface area (Å²) in [4.78, 5) is 30.8. The number of benzene rings is 3. The zero-order valence-electron chi connectivity index (χ0n) is 28.0. The first-order valence-electron chi connectivity index (χ1n) is 15.8. The second-order valence-electron chi connectivity index (χ2n) is 12.1. The smallest absolute Gasteiger partial charge is 0.251 e. The Morgan fingerprint density at radius 2 is 1.58 bits per heavy atom. The molecule has 12 heteroatoms. The second kappa shape index (κ2) is 16.6. The number of carbonyl (C=O) groups excluding carboxylic acids is 2. The largest absolute Gasteiger partial charge is 0.444 e. The van der Waals surface area contributed by atoms with Gasteiger partial charge in [0.1, 0.15) is 5.76 Å². The van der Waals surface area contributed by atoms with Gasteiger partial charge in [-0.15, -0.1) is 0 Å². The fourth-order valence-corrected chi connectivity index (χ4v) is 6.91. The average Bonchev–Trinajstić information content (AvgIpc) is 3.39. The number of nitrogens with zero attached hydrogens (tertiary/aromatic N) is 2. The van der Waals surface area contributed by atoms with E-state index < -0.39 is 34.0 Å². The summed E-state index contributed by atoms with van der Waals surface area (Å²) in [5.41, 5.74) is 2.84. The van der Waals surface area contributed by atoms with E-state index in [1.807, 2.05) is 44.2 Å². The third-order valence-corrected chi connectivity index (χ3v) is 9.55. The van der Waals surface area contributed by atoms with Gasteiger partial charge in [0.2, 0.25) is 10.0 Å². The summed E-state index contributed by atoms with van der Waals surface area (Å²) in [6, 6.07) is 21.2. The summed E-state index contributed by atoms with van der Waals surface area (Å²) in [6.45, 7) is 7.72. The molecule has 3 aromatic carbocycles. The van der Waals surface area contributed by atoms with Gasteiger partial charge in [-0.05, 0) is 60.7 Å². The van der Waals surface area contributed by atoms with E-state index in [0.29, 0.717) is 24.0 Å². The van der Waals surface area contributed by atoms with Crippen LogP contribution in [0.4, 0.5) is 0 Å². The lowest BCUT2D eigenvalue weighted by Gasteiger charge is -2.31. The van der Waals surface area contributed by atoms with E-state index in [2.05, 4.69) is 15.6 Å². The number of aliphatic hydroxyl groups excluding tert-OH is 1. The number of carbonyl (C=O) groups is 2. The molecule has 11 nitrogen and oxygen atoms in total. The number of aromatic nitrogens is 1. The molecule has 0 fully saturated rings. The van der Waals surface area contributed by atoms with Crippen molar-refractivity contribution in [3.05, 3.63) is 118 Å². The number of rotatable bonds is 16. The van der Waals surface area contributed by atoms with E-state index in [1.165, 1.54) is 22.5 Å². The highest BCUT2D eigenvalue weighted by Gasteiger charge is 2.31. The molecule has 0 radical (unpaired) electrons. The molecule has 0 unspecified atom stereocenters. The Kier molecular flexibility index (Phi) is 12.7. The van der Waals surface area contributed by atoms with Crippen molar-refractivity contribution >= 4 is 21.8 Å². The molecular weight excluding hydrogens is 632 g/mol. The molecule has 0 aliphatic rings. The number of nitrogens with one attached hydrogen (secondary N) is 2. The molecule has 0 aliphatic carbocycles. The van der Waals surface area contributed by atoms with Gasteiger partial charge in [0.15, 0.2) is 5.89 Å². The summed E-state index contributed by atoms with van der Waals surface area (Å²) in [5, 5.41) is 17.3. The molecule has 1 aromatic heterocycles. The normalized spacial score (nSPS) is 13.0. The molecule has 0 aliphatic heterocycles. The Hall–Kier alpha value is -4.36. The summed E-state index contributed by atoms with van der Waals surface area (Å²) in [6.07, 6.45) is -1.03. The topological polar surface area (TPSA) is 151 Å². The van der Waals surface area contributed by atoms with Crippen LogP contribution in [-0.2, 0) is 34.3 Å². The fourth-order valence-electron chi connectivity index (χ4n) is 5.29. The highest BCUT2D eigenvalue weighted by atomic mass is 32.2. The Labute approximate surface area is 282 Å². The predicted molar refractivity (Wildman–Crippen MR) is 182 cm³/mol. The van der Waals surface area contributed by atoms with Crippen molar-refractivity contribution in [3.63, 3.8) is 0 Å². The van der Waals surface area contributed by atoms with E-state index in [-0.39, 0.29) is 48.0 Å². The van der Waals surface area contributed by atoms with Crippen LogP contribution in [0.15, 0.2) is 88.2 Å². The number of aryl methyl sites for hydroxylation is 2. The minimum atomic E-state index is -3.99. The molecule has 1 heterocycles. The van der Waals surface area contributed by atoms with Gasteiger partial charge < -0.3 is 24.9 Å². The number of methoxy groups -OCH3 is 1. The second-order valence-corrected chi connectivity index (χ2v) is 14.1. The molecule has 4 aromatic rings. The van der Waals surface area contributed by atoms with Crippen molar-refractivity contribution in [2.75, 3.05) is 20.2 Å². The van der Waals surface area contributed by atoms with Crippen LogP contribution < -0.4 is 10.6 Å². The van der Waals surface area contributed by atoms with Crippen molar-refractivity contribution in [2.24, 2.45) is 5.92 Å². The number of ether oxygens (including phenoxy) is 1. The average molecular weight is 677 g/mol. The SMILES string of the molecule is COCc1ccc(S(=O)(=O)N(CC(C)C)C[C@@H](O)[C@H](Cc2ccccc2)NC(=O)c2cccc(C(=O)NCc3oc(C)nc3C)c2)cc1. The van der Waals surface area contributed by atoms with Gasteiger partial charge in [0.05, 0.1) is 35.9 Å². The lowest BCUT2D eigenvalue weighted by Crippen LogP contribution is -2.51. The third-order valence-electron chi connectivity index (χ3n) is 7.71. The molecule has 0 saturated heterocycles. The molecule has 0 spiro atoms. The van der Waals surface area contributed by atoms with Gasteiger partial charge >= 0.3 is 0 Å². The van der Waals surface area contributed by atoms with Crippen LogP contribution in [-0.4, -0.2) is 67.0 Å². The zero-order chi connectivity index (χ0) is 34.8. The predicted octanol–water partition coefficient (Wildman–Crippen LogP) is 4.42. The van der Waals surface area contributed by atoms with Gasteiger partial charge in [-0.2, -0.15) is 4.31 Å². The highest BCUT2D eigenvalue weighted by Crippen LogP contribution is 2.21. The molecule has 48 heavy (non-hydrogen) atoms. The summed E-state index contributed by atoms with van der Waals surface area (Å²) in [7, 11) is -2.42. The van der Waals surface area contributed by atoms with Gasteiger partial charge in [0, 0.05) is 38.2 Å². The molecule has 0 saturated carbocycles. The van der Waals surface area contributed by atoms with E-state index in [0.717, 1.165) is 11.1 Å². The minimum Gasteiger partial charge on any atom is -0.444 e. The Morgan fingerprint density at radius 1 is 0.917 bits per heavy atom. The van der Waals surface area contributed by atoms with Gasteiger partial charge in [0.25, 0.3) is 11.8 Å². The van der Waals surface area contributed by atoms with E-state index in [1.54, 1.807) is 51.3 Å². The number of aliphatic hydroxyl groups is 1. The number of hydrogen-bond donors (Lipinski definition) is 3. The lowest BCUT2D eigenvalue weighted by molar-refractivity contribution is 0.0776. The van der Waals surface area contributed by atoms with Crippen molar-refractivity contribution in [2.45, 2.75) is 64.3 Å². The number of oxazole rings is 1. The Morgan fingerprint density at radius 3 is 2.19 bits per heavy atom. The zero-order valence-corrected chi connectivity index (χ0v) is 28.8. The molecule has 4 rings (SSSR count). The monoisotopic (exact) mass is 676 g/mol. The number of amides is 2. The first kappa shape index (κ1) is 36.5. The lowest BCUT2D eigenvalue weighted by atomic mass is 10.00. The number of hydrogen-bond acceptors (Lipinski definition) is 8. The van der Waals surface area contributed by atoms with Crippen LogP contribution in [0.2, 0.25) is 0 Å². The van der Waals surface area contributed by atoms with Gasteiger partial charge in [-0.25, -0.2) is 13.4 Å². The molecular formula is C36H44N4O7S. The van der Waals surface area contributed by atoms with Crippen LogP contribution in [0.25, 0.3) is 0 Å². The van der Waals surface area contributed by atoms with Crippen molar-refractivity contribution in [1.82, 2.24) is 19.9 Å². The third kappa shape index (κ3) is 9.83. The van der Waals surface area contributed by atoms with E-state index >= 15 is 0 Å². The van der Waals surface area contributed by atoms with E-state index in [4.69, 9.17) is 9.15 Å². The molecule has 0 bridgehead atoms. The van der Waals surface area contributed by atoms with Crippen LogP contribution in [0, 0.1) is 19.8 Å². The maximum atomic E-state index is 13.8. The fraction of sp³-hybridized carbons (Fsp3) is 0.361. The first-order valence-corrected chi connectivity index (χ1v) is 17.2. The summed E-state index contributed by atoms with van der Waals surface area (Å²) < 4.78 is 39.6. The highest BCUT2D eigenvalue weighted by molar-refractivity contribution is 7.89. The quantitative estimate of drug-likeness (QED) is 0.158. The Bertz CT molecular complexity index is 1770. The first-order chi connectivity index (χ1) is 22.9. The Balaban J connectivity index is 1.54.